The summed E-state index contributed by atoms with van der Waals surface area (Å²) in [6.45, 7) is 0.362. The van der Waals surface area contributed by atoms with Gasteiger partial charge in [-0.05, 0) is 30.3 Å². The maximum absolute atomic E-state index is 5.88. The molecule has 0 aliphatic heterocycles. The molecule has 1 unspecified atom stereocenters. The molecule has 11 heteroatoms. The Kier molecular flexibility index (Phi) is 10.3. The minimum absolute atomic E-state index is 0. The number of aromatic nitrogens is 5. The first-order chi connectivity index (χ1) is 10.8. The topological polar surface area (TPSA) is 105 Å². The maximum atomic E-state index is 5.88. The summed E-state index contributed by atoms with van der Waals surface area (Å²) in [4.78, 5) is 12.4. The third kappa shape index (κ3) is 5.98. The lowest BCUT2D eigenvalue weighted by molar-refractivity contribution is 0.730. The minimum Gasteiger partial charge on any atom is -0.374 e. The Morgan fingerprint density at radius 2 is 1.84 bits per heavy atom. The summed E-state index contributed by atoms with van der Waals surface area (Å²) in [5.74, 6) is 1.15. The van der Waals surface area contributed by atoms with Gasteiger partial charge in [-0.3, -0.25) is 5.10 Å². The summed E-state index contributed by atoms with van der Waals surface area (Å²) in [6, 6.07) is 8.94. The molecule has 0 fully saturated rings. The highest BCUT2D eigenvalue weighted by Crippen LogP contribution is 2.20. The summed E-state index contributed by atoms with van der Waals surface area (Å²) in [5, 5.41) is 11.0. The molecule has 3 rings (SSSR count). The van der Waals surface area contributed by atoms with Gasteiger partial charge in [0.05, 0.1) is 6.04 Å². The second kappa shape index (κ2) is 11.1. The van der Waals surface area contributed by atoms with Crippen LogP contribution >= 0.6 is 48.8 Å². The Morgan fingerprint density at radius 3 is 2.44 bits per heavy atom. The standard InChI is InChI=1S/C14H14ClN7.3ClH/c15-9-1-3-10(4-2-9)19-12(7-16)14-20-13(21-22-14)11-5-6-17-8-18-11;;;/h1-6,8,12,19H,7,16H2,(H,20,21,22);3*1H. The zero-order chi connectivity index (χ0) is 15.4. The second-order valence-electron chi connectivity index (χ2n) is 4.58. The van der Waals surface area contributed by atoms with E-state index < -0.39 is 0 Å². The summed E-state index contributed by atoms with van der Waals surface area (Å²) < 4.78 is 0. The number of rotatable bonds is 5. The molecule has 0 saturated heterocycles. The van der Waals surface area contributed by atoms with Crippen LogP contribution in [0.25, 0.3) is 11.5 Å². The van der Waals surface area contributed by atoms with Crippen molar-refractivity contribution < 1.29 is 0 Å². The zero-order valence-electron chi connectivity index (χ0n) is 12.8. The van der Waals surface area contributed by atoms with E-state index in [0.717, 1.165) is 5.69 Å². The average molecular weight is 425 g/mol. The van der Waals surface area contributed by atoms with Crippen molar-refractivity contribution in [2.75, 3.05) is 11.9 Å². The number of halogens is 4. The highest BCUT2D eigenvalue weighted by Gasteiger charge is 2.15. The van der Waals surface area contributed by atoms with Crippen LogP contribution in [0.1, 0.15) is 11.9 Å². The monoisotopic (exact) mass is 423 g/mol. The molecule has 1 aromatic carbocycles. The Morgan fingerprint density at radius 1 is 1.12 bits per heavy atom. The van der Waals surface area contributed by atoms with Crippen LogP contribution in [-0.2, 0) is 0 Å². The van der Waals surface area contributed by atoms with E-state index in [-0.39, 0.29) is 43.3 Å². The number of anilines is 1. The fourth-order valence-electron chi connectivity index (χ4n) is 1.95. The van der Waals surface area contributed by atoms with Gasteiger partial charge in [0.25, 0.3) is 0 Å². The summed E-state index contributed by atoms with van der Waals surface area (Å²) >= 11 is 5.88. The number of nitrogens with two attached hydrogens (primary N) is 1. The molecule has 7 nitrogen and oxygen atoms in total. The van der Waals surface area contributed by atoms with E-state index in [1.807, 2.05) is 24.3 Å². The summed E-state index contributed by atoms with van der Waals surface area (Å²) in [7, 11) is 0. The largest absolute Gasteiger partial charge is 0.374 e. The quantitative estimate of drug-likeness (QED) is 0.580. The third-order valence-electron chi connectivity index (χ3n) is 3.06. The van der Waals surface area contributed by atoms with Crippen molar-refractivity contribution in [3.8, 4) is 11.5 Å². The van der Waals surface area contributed by atoms with Crippen molar-refractivity contribution >= 4 is 54.5 Å². The molecule has 1 atom stereocenters. The van der Waals surface area contributed by atoms with Crippen LogP contribution in [0, 0.1) is 0 Å². The maximum Gasteiger partial charge on any atom is 0.199 e. The first-order valence-corrected chi connectivity index (χ1v) is 7.05. The van der Waals surface area contributed by atoms with Gasteiger partial charge in [0.1, 0.15) is 17.8 Å². The van der Waals surface area contributed by atoms with Gasteiger partial charge in [0.15, 0.2) is 5.82 Å². The third-order valence-corrected chi connectivity index (χ3v) is 3.32. The molecule has 4 N–H and O–H groups in total. The van der Waals surface area contributed by atoms with Gasteiger partial charge in [-0.25, -0.2) is 15.0 Å². The van der Waals surface area contributed by atoms with Gasteiger partial charge in [0.2, 0.25) is 0 Å². The van der Waals surface area contributed by atoms with Crippen LogP contribution < -0.4 is 11.1 Å². The number of nitrogens with one attached hydrogen (secondary N) is 2. The highest BCUT2D eigenvalue weighted by atomic mass is 35.5. The van der Waals surface area contributed by atoms with Crippen LogP contribution in [0.15, 0.2) is 42.9 Å². The fourth-order valence-corrected chi connectivity index (χ4v) is 2.08. The van der Waals surface area contributed by atoms with Crippen molar-refractivity contribution in [3.05, 3.63) is 53.7 Å². The Balaban J connectivity index is 0.00000192. The lowest BCUT2D eigenvalue weighted by Crippen LogP contribution is -2.21. The molecule has 2 heterocycles. The van der Waals surface area contributed by atoms with Gasteiger partial charge in [0, 0.05) is 23.5 Å². The Labute approximate surface area is 168 Å². The van der Waals surface area contributed by atoms with Gasteiger partial charge < -0.3 is 11.1 Å². The van der Waals surface area contributed by atoms with E-state index in [1.54, 1.807) is 12.3 Å². The molecule has 136 valence electrons. The molecule has 25 heavy (non-hydrogen) atoms. The predicted octanol–water partition coefficient (Wildman–Crippen LogP) is 3.29. The summed E-state index contributed by atoms with van der Waals surface area (Å²) in [6.07, 6.45) is 3.10. The van der Waals surface area contributed by atoms with Gasteiger partial charge in [-0.2, -0.15) is 5.10 Å². The molecule has 0 saturated carbocycles. The SMILES string of the molecule is Cl.Cl.Cl.NCC(Nc1ccc(Cl)cc1)c1nc(-c2ccncn2)n[nH]1. The molecule has 0 aliphatic carbocycles. The Bertz CT molecular complexity index is 736. The van der Waals surface area contributed by atoms with E-state index in [2.05, 4.69) is 30.5 Å². The molecule has 0 spiro atoms. The average Bonchev–Trinajstić information content (AvgIpc) is 3.05. The lowest BCUT2D eigenvalue weighted by atomic mass is 10.2. The van der Waals surface area contributed by atoms with Crippen molar-refractivity contribution in [2.45, 2.75) is 6.04 Å². The van der Waals surface area contributed by atoms with Crippen molar-refractivity contribution in [2.24, 2.45) is 5.73 Å². The first-order valence-electron chi connectivity index (χ1n) is 6.67. The summed E-state index contributed by atoms with van der Waals surface area (Å²) in [5.41, 5.74) is 7.38. The number of nitrogens with zero attached hydrogens (tertiary/aromatic N) is 4. The van der Waals surface area contributed by atoms with Crippen LogP contribution in [0.4, 0.5) is 5.69 Å². The number of hydrogen-bond acceptors (Lipinski definition) is 6. The second-order valence-corrected chi connectivity index (χ2v) is 5.01. The van der Waals surface area contributed by atoms with E-state index in [9.17, 15) is 0 Å². The fraction of sp³-hybridized carbons (Fsp3) is 0.143. The molecule has 2 aromatic heterocycles. The van der Waals surface area contributed by atoms with Crippen LogP contribution in [-0.4, -0.2) is 31.7 Å². The molecular weight excluding hydrogens is 408 g/mol. The number of benzene rings is 1. The number of hydrogen-bond donors (Lipinski definition) is 3. The zero-order valence-corrected chi connectivity index (χ0v) is 16.0. The molecular formula is C14H17Cl4N7. The van der Waals surface area contributed by atoms with Crippen molar-refractivity contribution in [1.29, 1.82) is 0 Å². The smallest absolute Gasteiger partial charge is 0.199 e. The molecule has 3 aromatic rings. The number of H-pyrrole nitrogens is 1. The van der Waals surface area contributed by atoms with E-state index in [0.29, 0.717) is 28.9 Å². The number of aromatic amines is 1. The van der Waals surface area contributed by atoms with Gasteiger partial charge in [-0.1, -0.05) is 11.6 Å². The van der Waals surface area contributed by atoms with Crippen LogP contribution in [0.3, 0.4) is 0 Å². The molecule has 0 bridgehead atoms. The van der Waals surface area contributed by atoms with E-state index in [1.165, 1.54) is 6.33 Å². The molecule has 0 amide bonds. The predicted molar refractivity (Wildman–Crippen MR) is 106 cm³/mol. The van der Waals surface area contributed by atoms with Crippen molar-refractivity contribution in [3.63, 3.8) is 0 Å². The van der Waals surface area contributed by atoms with Gasteiger partial charge in [-0.15, -0.1) is 37.2 Å². The highest BCUT2D eigenvalue weighted by molar-refractivity contribution is 6.30. The van der Waals surface area contributed by atoms with Crippen LogP contribution in [0.5, 0.6) is 0 Å². The van der Waals surface area contributed by atoms with E-state index in [4.69, 9.17) is 17.3 Å². The van der Waals surface area contributed by atoms with E-state index >= 15 is 0 Å². The Hall–Kier alpha value is -1.64. The minimum atomic E-state index is -0.190. The molecule has 0 radical (unpaired) electrons. The van der Waals surface area contributed by atoms with Crippen LogP contribution in [0.2, 0.25) is 5.02 Å². The first kappa shape index (κ1) is 23.4. The lowest BCUT2D eigenvalue weighted by Gasteiger charge is -2.15. The van der Waals surface area contributed by atoms with Crippen molar-refractivity contribution in [1.82, 2.24) is 25.1 Å². The normalized spacial score (nSPS) is 10.6. The molecule has 0 aliphatic rings. The van der Waals surface area contributed by atoms with Gasteiger partial charge >= 0.3 is 0 Å².